The molecule has 1 fully saturated rings. The summed E-state index contributed by atoms with van der Waals surface area (Å²) in [6, 6.07) is 9.29. The predicted octanol–water partition coefficient (Wildman–Crippen LogP) is 2.28. The maximum atomic E-state index is 12.4. The molecule has 0 spiro atoms. The molecule has 1 aromatic rings. The van der Waals surface area contributed by atoms with Gasteiger partial charge < -0.3 is 14.6 Å². The number of nitrogens with zero attached hydrogens (tertiary/aromatic N) is 1. The summed E-state index contributed by atoms with van der Waals surface area (Å²) >= 11 is 0. The normalized spacial score (nSPS) is 21.4. The van der Waals surface area contributed by atoms with Crippen LogP contribution in [0.25, 0.3) is 0 Å². The molecule has 0 aromatic heterocycles. The van der Waals surface area contributed by atoms with E-state index in [-0.39, 0.29) is 13.2 Å². The maximum Gasteiger partial charge on any atom is 0.411 e. The van der Waals surface area contributed by atoms with E-state index >= 15 is 0 Å². The summed E-state index contributed by atoms with van der Waals surface area (Å²) in [5.74, 6) is -1.05. The standard InChI is InChI=1S/C16H21NO5/c1-21-12-16(14(18)19)9-5-6-10-17(16)15(20)22-11-13-7-3-2-4-8-13/h2-4,7-8H,5-6,9-12H2,1H3,(H,18,19). The van der Waals surface area contributed by atoms with Crippen molar-refractivity contribution in [2.75, 3.05) is 20.3 Å². The predicted molar refractivity (Wildman–Crippen MR) is 79.4 cm³/mol. The number of carbonyl (C=O) groups is 2. The van der Waals surface area contributed by atoms with Crippen molar-refractivity contribution in [1.29, 1.82) is 0 Å². The topological polar surface area (TPSA) is 76.1 Å². The molecule has 1 aliphatic heterocycles. The van der Waals surface area contributed by atoms with Gasteiger partial charge in [-0.25, -0.2) is 9.59 Å². The number of carboxylic acid groups (broad SMARTS) is 1. The molecule has 6 heteroatoms. The first-order valence-electron chi connectivity index (χ1n) is 7.31. The van der Waals surface area contributed by atoms with Crippen LogP contribution in [0.3, 0.4) is 0 Å². The average Bonchev–Trinajstić information content (AvgIpc) is 2.54. The van der Waals surface area contributed by atoms with Crippen LogP contribution in [0.4, 0.5) is 4.79 Å². The van der Waals surface area contributed by atoms with Crippen LogP contribution in [-0.4, -0.2) is 47.9 Å². The van der Waals surface area contributed by atoms with E-state index in [0.29, 0.717) is 13.0 Å². The second-order valence-corrected chi connectivity index (χ2v) is 5.42. The minimum atomic E-state index is -1.33. The van der Waals surface area contributed by atoms with Crippen molar-refractivity contribution in [3.05, 3.63) is 35.9 Å². The summed E-state index contributed by atoms with van der Waals surface area (Å²) in [6.45, 7) is 0.449. The van der Waals surface area contributed by atoms with E-state index in [9.17, 15) is 14.7 Å². The van der Waals surface area contributed by atoms with Crippen molar-refractivity contribution >= 4 is 12.1 Å². The molecule has 1 aromatic carbocycles. The zero-order valence-electron chi connectivity index (χ0n) is 12.7. The number of hydrogen-bond acceptors (Lipinski definition) is 4. The van der Waals surface area contributed by atoms with Gasteiger partial charge in [0.25, 0.3) is 0 Å². The van der Waals surface area contributed by atoms with Gasteiger partial charge in [0.2, 0.25) is 0 Å². The van der Waals surface area contributed by atoms with Gasteiger partial charge in [0.05, 0.1) is 6.61 Å². The SMILES string of the molecule is COCC1(C(=O)O)CCCCN1C(=O)OCc1ccccc1. The number of amides is 1. The van der Waals surface area contributed by atoms with E-state index in [1.165, 1.54) is 12.0 Å². The number of rotatable bonds is 5. The molecule has 1 amide bonds. The summed E-state index contributed by atoms with van der Waals surface area (Å²) in [6.07, 6.45) is 1.27. The van der Waals surface area contributed by atoms with Gasteiger partial charge >= 0.3 is 12.1 Å². The average molecular weight is 307 g/mol. The Morgan fingerprint density at radius 1 is 1.27 bits per heavy atom. The van der Waals surface area contributed by atoms with Crippen LogP contribution >= 0.6 is 0 Å². The molecule has 6 nitrogen and oxygen atoms in total. The van der Waals surface area contributed by atoms with Gasteiger partial charge in [-0.15, -0.1) is 0 Å². The molecule has 0 saturated carbocycles. The molecule has 0 aliphatic carbocycles. The van der Waals surface area contributed by atoms with Gasteiger partial charge in [0.1, 0.15) is 6.61 Å². The largest absolute Gasteiger partial charge is 0.479 e. The van der Waals surface area contributed by atoms with Gasteiger partial charge in [-0.3, -0.25) is 4.90 Å². The second-order valence-electron chi connectivity index (χ2n) is 5.42. The Kier molecular flexibility index (Phi) is 5.38. The Morgan fingerprint density at radius 3 is 2.64 bits per heavy atom. The second kappa shape index (κ2) is 7.26. The van der Waals surface area contributed by atoms with Crippen molar-refractivity contribution in [3.8, 4) is 0 Å². The van der Waals surface area contributed by atoms with E-state index in [4.69, 9.17) is 9.47 Å². The van der Waals surface area contributed by atoms with Gasteiger partial charge in [0.15, 0.2) is 5.54 Å². The van der Waals surface area contributed by atoms with Gasteiger partial charge in [0, 0.05) is 13.7 Å². The first-order valence-corrected chi connectivity index (χ1v) is 7.31. The molecule has 0 radical (unpaired) electrons. The Bertz CT molecular complexity index is 515. The zero-order chi connectivity index (χ0) is 16.0. The first-order chi connectivity index (χ1) is 10.6. The smallest absolute Gasteiger partial charge is 0.411 e. The third-order valence-electron chi connectivity index (χ3n) is 3.95. The van der Waals surface area contributed by atoms with E-state index in [1.807, 2.05) is 30.3 Å². The van der Waals surface area contributed by atoms with Crippen LogP contribution in [0.5, 0.6) is 0 Å². The number of ether oxygens (including phenoxy) is 2. The molecular formula is C16H21NO5. The summed E-state index contributed by atoms with van der Waals surface area (Å²) < 4.78 is 10.3. The highest BCUT2D eigenvalue weighted by Crippen LogP contribution is 2.30. The lowest BCUT2D eigenvalue weighted by Gasteiger charge is -2.42. The van der Waals surface area contributed by atoms with E-state index in [2.05, 4.69) is 0 Å². The summed E-state index contributed by atoms with van der Waals surface area (Å²) in [5.41, 5.74) is -0.471. The lowest BCUT2D eigenvalue weighted by atomic mass is 9.87. The number of methoxy groups -OCH3 is 1. The Balaban J connectivity index is 2.09. The number of likely N-dealkylation sites (tertiary alicyclic amines) is 1. The van der Waals surface area contributed by atoms with E-state index in [1.54, 1.807) is 0 Å². The third-order valence-corrected chi connectivity index (χ3v) is 3.95. The molecule has 1 heterocycles. The summed E-state index contributed by atoms with van der Waals surface area (Å²) in [7, 11) is 1.44. The van der Waals surface area contributed by atoms with Crippen molar-refractivity contribution in [2.45, 2.75) is 31.4 Å². The summed E-state index contributed by atoms with van der Waals surface area (Å²) in [4.78, 5) is 25.4. The molecule has 22 heavy (non-hydrogen) atoms. The van der Waals surface area contributed by atoms with Gasteiger partial charge in [-0.1, -0.05) is 30.3 Å². The lowest BCUT2D eigenvalue weighted by Crippen LogP contribution is -2.62. The number of benzene rings is 1. The lowest BCUT2D eigenvalue weighted by molar-refractivity contribution is -0.157. The van der Waals surface area contributed by atoms with Gasteiger partial charge in [-0.05, 0) is 24.8 Å². The minimum Gasteiger partial charge on any atom is -0.479 e. The van der Waals surface area contributed by atoms with Crippen LogP contribution < -0.4 is 0 Å². The minimum absolute atomic E-state index is 0.0389. The van der Waals surface area contributed by atoms with Crippen molar-refractivity contribution in [1.82, 2.24) is 4.90 Å². The zero-order valence-corrected chi connectivity index (χ0v) is 12.7. The van der Waals surface area contributed by atoms with Crippen LogP contribution in [-0.2, 0) is 20.9 Å². The third kappa shape index (κ3) is 3.39. The fraction of sp³-hybridized carbons (Fsp3) is 0.500. The number of piperidine rings is 1. The van der Waals surface area contributed by atoms with Crippen LogP contribution in [0, 0.1) is 0 Å². The number of aliphatic carboxylic acids is 1. The quantitative estimate of drug-likeness (QED) is 0.903. The van der Waals surface area contributed by atoms with Gasteiger partial charge in [-0.2, -0.15) is 0 Å². The van der Waals surface area contributed by atoms with Crippen LogP contribution in [0.15, 0.2) is 30.3 Å². The summed E-state index contributed by atoms with van der Waals surface area (Å²) in [5, 5.41) is 9.59. The maximum absolute atomic E-state index is 12.4. The highest BCUT2D eigenvalue weighted by molar-refractivity contribution is 5.85. The fourth-order valence-corrected chi connectivity index (χ4v) is 2.77. The van der Waals surface area contributed by atoms with Crippen LogP contribution in [0.2, 0.25) is 0 Å². The van der Waals surface area contributed by atoms with Crippen molar-refractivity contribution < 1.29 is 24.2 Å². The van der Waals surface area contributed by atoms with Crippen LogP contribution in [0.1, 0.15) is 24.8 Å². The molecule has 1 N–H and O–H groups in total. The molecule has 1 aliphatic rings. The highest BCUT2D eigenvalue weighted by atomic mass is 16.6. The molecular weight excluding hydrogens is 286 g/mol. The number of hydrogen-bond donors (Lipinski definition) is 1. The molecule has 120 valence electrons. The highest BCUT2D eigenvalue weighted by Gasteiger charge is 2.49. The number of carboxylic acids is 1. The Morgan fingerprint density at radius 2 is 2.00 bits per heavy atom. The monoisotopic (exact) mass is 307 g/mol. The first kappa shape index (κ1) is 16.3. The van der Waals surface area contributed by atoms with E-state index in [0.717, 1.165) is 18.4 Å². The number of carbonyl (C=O) groups excluding carboxylic acids is 1. The molecule has 1 unspecified atom stereocenters. The molecule has 1 atom stereocenters. The van der Waals surface area contributed by atoms with Crippen molar-refractivity contribution in [3.63, 3.8) is 0 Å². The Hall–Kier alpha value is -2.08. The van der Waals surface area contributed by atoms with E-state index < -0.39 is 17.6 Å². The Labute approximate surface area is 129 Å². The molecule has 1 saturated heterocycles. The molecule has 0 bridgehead atoms. The van der Waals surface area contributed by atoms with Crippen molar-refractivity contribution in [2.24, 2.45) is 0 Å². The fourth-order valence-electron chi connectivity index (χ4n) is 2.77. The molecule has 2 rings (SSSR count).